The fourth-order valence-electron chi connectivity index (χ4n) is 2.80. The zero-order chi connectivity index (χ0) is 14.5. The van der Waals surface area contributed by atoms with Gasteiger partial charge in [0, 0.05) is 6.26 Å². The van der Waals surface area contributed by atoms with Crippen molar-refractivity contribution in [2.45, 2.75) is 39.0 Å². The van der Waals surface area contributed by atoms with Gasteiger partial charge in [0.25, 0.3) is 0 Å². The molecule has 0 aromatic carbocycles. The number of piperidine rings is 1. The Morgan fingerprint density at radius 1 is 1.32 bits per heavy atom. The summed E-state index contributed by atoms with van der Waals surface area (Å²) in [5.41, 5.74) is -0.553. The van der Waals surface area contributed by atoms with Gasteiger partial charge in [-0.25, -0.2) is 8.42 Å². The monoisotopic (exact) mass is 291 g/mol. The van der Waals surface area contributed by atoms with Crippen molar-refractivity contribution in [1.29, 1.82) is 0 Å². The highest BCUT2D eigenvalue weighted by molar-refractivity contribution is 7.90. The van der Waals surface area contributed by atoms with Crippen LogP contribution in [0.4, 0.5) is 0 Å². The average molecular weight is 291 g/mol. The molecule has 0 bridgehead atoms. The van der Waals surface area contributed by atoms with Gasteiger partial charge in [-0.3, -0.25) is 4.79 Å². The number of hydrogen-bond acceptors (Lipinski definition) is 4. The van der Waals surface area contributed by atoms with E-state index in [-0.39, 0.29) is 5.75 Å². The number of carboxylic acid groups (broad SMARTS) is 1. The molecule has 1 saturated heterocycles. The first-order valence-electron chi connectivity index (χ1n) is 6.92. The van der Waals surface area contributed by atoms with E-state index >= 15 is 0 Å². The molecule has 1 aliphatic rings. The van der Waals surface area contributed by atoms with Crippen LogP contribution in [0.15, 0.2) is 0 Å². The molecular weight excluding hydrogens is 266 g/mol. The van der Waals surface area contributed by atoms with Crippen LogP contribution in [0.3, 0.4) is 0 Å². The number of nitrogens with zero attached hydrogens (tertiary/aromatic N) is 1. The van der Waals surface area contributed by atoms with Crippen molar-refractivity contribution in [2.75, 3.05) is 31.6 Å². The lowest BCUT2D eigenvalue weighted by Gasteiger charge is -2.38. The lowest BCUT2D eigenvalue weighted by molar-refractivity contribution is -0.152. The molecule has 5 nitrogen and oxygen atoms in total. The van der Waals surface area contributed by atoms with Gasteiger partial charge in [0.05, 0.1) is 11.2 Å². The van der Waals surface area contributed by atoms with Gasteiger partial charge < -0.3 is 10.0 Å². The third kappa shape index (κ3) is 5.10. The smallest absolute Gasteiger partial charge is 0.309 e. The quantitative estimate of drug-likeness (QED) is 0.767. The van der Waals surface area contributed by atoms with Gasteiger partial charge in [-0.1, -0.05) is 13.3 Å². The predicted octanol–water partition coefficient (Wildman–Crippen LogP) is 1.39. The first-order chi connectivity index (χ1) is 8.79. The second kappa shape index (κ2) is 6.70. The first-order valence-corrected chi connectivity index (χ1v) is 8.98. The van der Waals surface area contributed by atoms with Crippen LogP contribution in [-0.4, -0.2) is 56.0 Å². The minimum Gasteiger partial charge on any atom is -0.481 e. The van der Waals surface area contributed by atoms with Crippen molar-refractivity contribution >= 4 is 15.8 Å². The highest BCUT2D eigenvalue weighted by atomic mass is 32.2. The van der Waals surface area contributed by atoms with Crippen molar-refractivity contribution in [3.05, 3.63) is 0 Å². The average Bonchev–Trinajstić information content (AvgIpc) is 2.30. The van der Waals surface area contributed by atoms with Crippen molar-refractivity contribution in [1.82, 2.24) is 4.90 Å². The van der Waals surface area contributed by atoms with Crippen LogP contribution in [0.5, 0.6) is 0 Å². The van der Waals surface area contributed by atoms with E-state index in [4.69, 9.17) is 0 Å². The van der Waals surface area contributed by atoms with Gasteiger partial charge in [-0.2, -0.15) is 0 Å². The van der Waals surface area contributed by atoms with Gasteiger partial charge in [0.15, 0.2) is 0 Å². The van der Waals surface area contributed by atoms with Crippen molar-refractivity contribution in [2.24, 2.45) is 5.41 Å². The summed E-state index contributed by atoms with van der Waals surface area (Å²) in [7, 11) is -2.89. The van der Waals surface area contributed by atoms with Crippen LogP contribution in [0.25, 0.3) is 0 Å². The molecule has 1 heterocycles. The van der Waals surface area contributed by atoms with E-state index in [9.17, 15) is 18.3 Å². The molecule has 1 rings (SSSR count). The van der Waals surface area contributed by atoms with E-state index < -0.39 is 21.2 Å². The summed E-state index contributed by atoms with van der Waals surface area (Å²) in [5, 5.41) is 9.39. The Labute approximate surface area is 115 Å². The maximum absolute atomic E-state index is 11.4. The summed E-state index contributed by atoms with van der Waals surface area (Å²) >= 11 is 0. The van der Waals surface area contributed by atoms with E-state index in [2.05, 4.69) is 4.90 Å². The topological polar surface area (TPSA) is 74.7 Å². The Hall–Kier alpha value is -0.620. The standard InChI is InChI=1S/C13H25NO4S/c1-3-5-13(12(15)16)6-9-14(10-7-13)8-4-11-19(2,17)18/h3-11H2,1-2H3,(H,15,16). The fraction of sp³-hybridized carbons (Fsp3) is 0.923. The molecule has 0 saturated carbocycles. The minimum absolute atomic E-state index is 0.211. The van der Waals surface area contributed by atoms with Crippen molar-refractivity contribution < 1.29 is 18.3 Å². The second-order valence-electron chi connectivity index (χ2n) is 5.66. The molecule has 1 N–H and O–H groups in total. The van der Waals surface area contributed by atoms with Gasteiger partial charge in [0.1, 0.15) is 9.84 Å². The third-order valence-corrected chi connectivity index (χ3v) is 5.02. The van der Waals surface area contributed by atoms with Crippen LogP contribution in [-0.2, 0) is 14.6 Å². The third-order valence-electron chi connectivity index (χ3n) is 3.98. The Kier molecular flexibility index (Phi) is 5.80. The molecule has 0 aromatic rings. The first kappa shape index (κ1) is 16.4. The van der Waals surface area contributed by atoms with Crippen molar-refractivity contribution in [3.63, 3.8) is 0 Å². The maximum atomic E-state index is 11.4. The highest BCUT2D eigenvalue weighted by Crippen LogP contribution is 2.36. The lowest BCUT2D eigenvalue weighted by atomic mass is 9.75. The SMILES string of the molecule is CCCC1(C(=O)O)CCN(CCCS(C)(=O)=O)CC1. The summed E-state index contributed by atoms with van der Waals surface area (Å²) in [5.74, 6) is -0.465. The van der Waals surface area contributed by atoms with Crippen LogP contribution in [0.2, 0.25) is 0 Å². The number of likely N-dealkylation sites (tertiary alicyclic amines) is 1. The number of carbonyl (C=O) groups is 1. The molecule has 19 heavy (non-hydrogen) atoms. The lowest BCUT2D eigenvalue weighted by Crippen LogP contribution is -2.44. The molecule has 0 unspecified atom stereocenters. The Morgan fingerprint density at radius 2 is 1.89 bits per heavy atom. The fourth-order valence-corrected chi connectivity index (χ4v) is 3.46. The predicted molar refractivity (Wildman–Crippen MR) is 75.0 cm³/mol. The number of rotatable bonds is 7. The van der Waals surface area contributed by atoms with E-state index in [0.29, 0.717) is 19.3 Å². The van der Waals surface area contributed by atoms with Gasteiger partial charge in [0.2, 0.25) is 0 Å². The van der Waals surface area contributed by atoms with Crippen LogP contribution in [0, 0.1) is 5.41 Å². The number of hydrogen-bond donors (Lipinski definition) is 1. The zero-order valence-electron chi connectivity index (χ0n) is 11.9. The van der Waals surface area contributed by atoms with Gasteiger partial charge in [-0.05, 0) is 45.3 Å². The summed E-state index contributed by atoms with van der Waals surface area (Å²) in [6, 6.07) is 0. The Morgan fingerprint density at radius 3 is 2.32 bits per heavy atom. The Bertz CT molecular complexity index is 397. The van der Waals surface area contributed by atoms with Gasteiger partial charge in [-0.15, -0.1) is 0 Å². The van der Waals surface area contributed by atoms with Crippen molar-refractivity contribution in [3.8, 4) is 0 Å². The summed E-state index contributed by atoms with van der Waals surface area (Å²) in [6.45, 7) is 4.28. The number of aliphatic carboxylic acids is 1. The van der Waals surface area contributed by atoms with Crippen LogP contribution in [0.1, 0.15) is 39.0 Å². The second-order valence-corrected chi connectivity index (χ2v) is 7.92. The van der Waals surface area contributed by atoms with Gasteiger partial charge >= 0.3 is 5.97 Å². The molecule has 0 atom stereocenters. The molecular formula is C13H25NO4S. The molecule has 1 aliphatic heterocycles. The molecule has 6 heteroatoms. The largest absolute Gasteiger partial charge is 0.481 e. The minimum atomic E-state index is -2.89. The van der Waals surface area contributed by atoms with E-state index in [0.717, 1.165) is 32.5 Å². The van der Waals surface area contributed by atoms with Crippen LogP contribution >= 0.6 is 0 Å². The maximum Gasteiger partial charge on any atom is 0.309 e. The molecule has 0 aromatic heterocycles. The normalized spacial score (nSPS) is 20.3. The molecule has 0 radical (unpaired) electrons. The molecule has 112 valence electrons. The van der Waals surface area contributed by atoms with Crippen LogP contribution < -0.4 is 0 Å². The zero-order valence-corrected chi connectivity index (χ0v) is 12.7. The molecule has 0 spiro atoms. The highest BCUT2D eigenvalue weighted by Gasteiger charge is 2.40. The van der Waals surface area contributed by atoms with E-state index in [1.54, 1.807) is 0 Å². The Balaban J connectivity index is 2.41. The van der Waals surface area contributed by atoms with E-state index in [1.165, 1.54) is 6.26 Å². The summed E-state index contributed by atoms with van der Waals surface area (Å²) in [4.78, 5) is 13.6. The molecule has 0 aliphatic carbocycles. The molecule has 0 amide bonds. The number of sulfone groups is 1. The number of carboxylic acids is 1. The molecule has 1 fully saturated rings. The summed E-state index contributed by atoms with van der Waals surface area (Å²) < 4.78 is 22.1. The summed E-state index contributed by atoms with van der Waals surface area (Å²) in [6.07, 6.45) is 4.86. The van der Waals surface area contributed by atoms with E-state index in [1.807, 2.05) is 6.92 Å².